The lowest BCUT2D eigenvalue weighted by molar-refractivity contribution is 0.426. The zero-order chi connectivity index (χ0) is 18.1. The van der Waals surface area contributed by atoms with E-state index in [1.54, 1.807) is 24.1 Å². The van der Waals surface area contributed by atoms with Crippen LogP contribution in [0.2, 0.25) is 0 Å². The smallest absolute Gasteiger partial charge is 0.277 e. The van der Waals surface area contributed by atoms with Gasteiger partial charge in [-0.15, -0.1) is 21.5 Å². The number of hydrogen-bond donors (Lipinski definition) is 1. The molecule has 0 radical (unpaired) electrons. The molecule has 10 heteroatoms. The van der Waals surface area contributed by atoms with Crippen LogP contribution >= 0.6 is 34.9 Å². The number of thiophene rings is 1. The molecule has 0 spiro atoms. The summed E-state index contributed by atoms with van der Waals surface area (Å²) < 4.78 is 11.0. The number of aromatic nitrogens is 4. The van der Waals surface area contributed by atoms with E-state index in [1.807, 2.05) is 24.6 Å². The third-order valence-corrected chi connectivity index (χ3v) is 5.98. The predicted octanol–water partition coefficient (Wildman–Crippen LogP) is 4.34. The van der Waals surface area contributed by atoms with Crippen molar-refractivity contribution in [1.82, 2.24) is 20.2 Å². The second-order valence-electron chi connectivity index (χ2n) is 5.41. The van der Waals surface area contributed by atoms with Crippen LogP contribution in [0.15, 0.2) is 42.6 Å². The Hall–Kier alpha value is -2.04. The lowest BCUT2D eigenvalue weighted by atomic mass is 10.2. The average molecular weight is 407 g/mol. The molecule has 0 aromatic carbocycles. The minimum Gasteiger partial charge on any atom is -0.464 e. The van der Waals surface area contributed by atoms with Gasteiger partial charge < -0.3 is 13.8 Å². The number of furan rings is 1. The van der Waals surface area contributed by atoms with Crippen LogP contribution in [-0.2, 0) is 5.75 Å². The van der Waals surface area contributed by atoms with Gasteiger partial charge in [0, 0.05) is 10.9 Å². The van der Waals surface area contributed by atoms with E-state index < -0.39 is 0 Å². The van der Waals surface area contributed by atoms with Gasteiger partial charge in [0.2, 0.25) is 5.89 Å². The Morgan fingerprint density at radius 3 is 3.04 bits per heavy atom. The minimum absolute atomic E-state index is 0.135. The highest BCUT2D eigenvalue weighted by atomic mass is 32.2. The van der Waals surface area contributed by atoms with Gasteiger partial charge in [0.25, 0.3) is 10.8 Å². The van der Waals surface area contributed by atoms with Gasteiger partial charge in [0.1, 0.15) is 16.4 Å². The first-order chi connectivity index (χ1) is 12.7. The van der Waals surface area contributed by atoms with E-state index in [2.05, 4.69) is 20.2 Å². The van der Waals surface area contributed by atoms with Crippen molar-refractivity contribution in [2.45, 2.75) is 23.1 Å². The summed E-state index contributed by atoms with van der Waals surface area (Å²) in [6.45, 7) is 1.94. The Morgan fingerprint density at radius 2 is 2.27 bits per heavy atom. The average Bonchev–Trinajstić information content (AvgIpc) is 3.34. The number of aromatic amines is 1. The Balaban J connectivity index is 1.63. The fourth-order valence-electron chi connectivity index (χ4n) is 2.45. The Morgan fingerprint density at radius 1 is 1.38 bits per heavy atom. The standard InChI is InChI=1S/C16H14N4O3S3/c1-8(26-16-20-19-11(23-16)7-24-2)13-17-14(21)12-9(6-25-15(12)18-13)10-4-3-5-22-10/h3-6,8H,7H2,1-2H3,(H,17,18,21). The summed E-state index contributed by atoms with van der Waals surface area (Å²) in [5.74, 6) is 2.50. The van der Waals surface area contributed by atoms with E-state index in [9.17, 15) is 4.79 Å². The topological polar surface area (TPSA) is 97.8 Å². The highest BCUT2D eigenvalue weighted by Crippen LogP contribution is 2.35. The first-order valence-electron chi connectivity index (χ1n) is 7.69. The first kappa shape index (κ1) is 17.4. The molecule has 7 nitrogen and oxygen atoms in total. The number of rotatable bonds is 6. The van der Waals surface area contributed by atoms with E-state index in [0.29, 0.717) is 38.7 Å². The Labute approximate surface area is 160 Å². The van der Waals surface area contributed by atoms with Crippen molar-refractivity contribution >= 4 is 45.1 Å². The maximum atomic E-state index is 12.6. The molecule has 4 rings (SSSR count). The summed E-state index contributed by atoms with van der Waals surface area (Å²) >= 11 is 4.41. The number of nitrogens with zero attached hydrogens (tertiary/aromatic N) is 3. The summed E-state index contributed by atoms with van der Waals surface area (Å²) in [4.78, 5) is 20.8. The van der Waals surface area contributed by atoms with Gasteiger partial charge in [-0.1, -0.05) is 11.8 Å². The van der Waals surface area contributed by atoms with E-state index in [1.165, 1.54) is 23.1 Å². The van der Waals surface area contributed by atoms with Gasteiger partial charge in [0.05, 0.1) is 22.7 Å². The quantitative estimate of drug-likeness (QED) is 0.472. The van der Waals surface area contributed by atoms with Crippen LogP contribution in [0.3, 0.4) is 0 Å². The molecule has 1 unspecified atom stereocenters. The van der Waals surface area contributed by atoms with Crippen molar-refractivity contribution in [2.24, 2.45) is 0 Å². The lowest BCUT2D eigenvalue weighted by Gasteiger charge is -2.07. The SMILES string of the molecule is CSCc1nnc(SC(C)c2nc3scc(-c4ccco4)c3c(=O)[nH]2)o1. The fraction of sp³-hybridized carbons (Fsp3) is 0.250. The van der Waals surface area contributed by atoms with Crippen molar-refractivity contribution in [2.75, 3.05) is 6.26 Å². The molecule has 0 fully saturated rings. The number of nitrogens with one attached hydrogen (secondary N) is 1. The Bertz CT molecular complexity index is 1080. The van der Waals surface area contributed by atoms with Crippen LogP contribution in [0.1, 0.15) is 23.9 Å². The summed E-state index contributed by atoms with van der Waals surface area (Å²) in [7, 11) is 0. The number of H-pyrrole nitrogens is 1. The van der Waals surface area contributed by atoms with Crippen molar-refractivity contribution in [3.8, 4) is 11.3 Å². The zero-order valence-corrected chi connectivity index (χ0v) is 16.3. The number of thioether (sulfide) groups is 2. The molecule has 4 aromatic rings. The second-order valence-corrected chi connectivity index (χ2v) is 8.43. The van der Waals surface area contributed by atoms with E-state index >= 15 is 0 Å². The number of hydrogen-bond acceptors (Lipinski definition) is 9. The largest absolute Gasteiger partial charge is 0.464 e. The van der Waals surface area contributed by atoms with Crippen LogP contribution in [0.4, 0.5) is 0 Å². The third kappa shape index (κ3) is 3.31. The van der Waals surface area contributed by atoms with Gasteiger partial charge in [0.15, 0.2) is 0 Å². The molecule has 0 aliphatic rings. The van der Waals surface area contributed by atoms with Crippen molar-refractivity contribution in [3.63, 3.8) is 0 Å². The predicted molar refractivity (Wildman–Crippen MR) is 104 cm³/mol. The molecule has 1 N–H and O–H groups in total. The van der Waals surface area contributed by atoms with Crippen LogP contribution in [0, 0.1) is 0 Å². The van der Waals surface area contributed by atoms with Crippen molar-refractivity contribution in [1.29, 1.82) is 0 Å². The molecule has 0 bridgehead atoms. The van der Waals surface area contributed by atoms with Gasteiger partial charge >= 0.3 is 0 Å². The lowest BCUT2D eigenvalue weighted by Crippen LogP contribution is -2.12. The summed E-state index contributed by atoms with van der Waals surface area (Å²) in [6.07, 6.45) is 3.56. The molecule has 1 atom stereocenters. The molecule has 0 aliphatic carbocycles. The van der Waals surface area contributed by atoms with Gasteiger partial charge in [-0.05, 0) is 25.3 Å². The third-order valence-electron chi connectivity index (χ3n) is 3.63. The molecule has 26 heavy (non-hydrogen) atoms. The molecule has 4 aromatic heterocycles. The van der Waals surface area contributed by atoms with E-state index in [0.717, 1.165) is 5.56 Å². The van der Waals surface area contributed by atoms with Gasteiger partial charge in [-0.3, -0.25) is 4.79 Å². The monoisotopic (exact) mass is 406 g/mol. The maximum absolute atomic E-state index is 12.6. The molecular formula is C16H14N4O3S3. The second kappa shape index (κ2) is 7.29. The summed E-state index contributed by atoms with van der Waals surface area (Å²) in [5, 5.41) is 10.8. The van der Waals surface area contributed by atoms with Crippen LogP contribution < -0.4 is 5.56 Å². The van der Waals surface area contributed by atoms with Crippen molar-refractivity contribution in [3.05, 3.63) is 45.8 Å². The van der Waals surface area contributed by atoms with Crippen LogP contribution in [0.25, 0.3) is 21.5 Å². The van der Waals surface area contributed by atoms with Crippen LogP contribution in [0.5, 0.6) is 0 Å². The fourth-order valence-corrected chi connectivity index (χ4v) is 4.50. The minimum atomic E-state index is -0.182. The molecule has 0 saturated carbocycles. The van der Waals surface area contributed by atoms with Gasteiger partial charge in [-0.25, -0.2) is 4.98 Å². The van der Waals surface area contributed by atoms with Crippen molar-refractivity contribution < 1.29 is 8.83 Å². The summed E-state index contributed by atoms with van der Waals surface area (Å²) in [6, 6.07) is 3.62. The normalized spacial score (nSPS) is 12.7. The molecule has 134 valence electrons. The van der Waals surface area contributed by atoms with E-state index in [4.69, 9.17) is 8.83 Å². The molecule has 0 saturated heterocycles. The van der Waals surface area contributed by atoms with E-state index in [-0.39, 0.29) is 10.8 Å². The highest BCUT2D eigenvalue weighted by Gasteiger charge is 2.19. The molecular weight excluding hydrogens is 392 g/mol. The Kier molecular flexibility index (Phi) is 4.88. The highest BCUT2D eigenvalue weighted by molar-refractivity contribution is 7.99. The zero-order valence-electron chi connectivity index (χ0n) is 13.9. The summed E-state index contributed by atoms with van der Waals surface area (Å²) in [5.41, 5.74) is 0.577. The molecule has 0 amide bonds. The number of fused-ring (bicyclic) bond motifs is 1. The molecule has 0 aliphatic heterocycles. The van der Waals surface area contributed by atoms with Gasteiger partial charge in [-0.2, -0.15) is 11.8 Å². The first-order valence-corrected chi connectivity index (χ1v) is 10.8. The van der Waals surface area contributed by atoms with Crippen LogP contribution in [-0.4, -0.2) is 26.4 Å². The maximum Gasteiger partial charge on any atom is 0.277 e. The molecule has 4 heterocycles.